The summed E-state index contributed by atoms with van der Waals surface area (Å²) in [6.45, 7) is 0. The highest BCUT2D eigenvalue weighted by Gasteiger charge is 2.15. The van der Waals surface area contributed by atoms with Crippen molar-refractivity contribution in [2.45, 2.75) is 0 Å². The third kappa shape index (κ3) is 1.79. The van der Waals surface area contributed by atoms with Crippen LogP contribution in [0.3, 0.4) is 0 Å². The highest BCUT2D eigenvalue weighted by molar-refractivity contribution is 6.38. The Kier molecular flexibility index (Phi) is 2.52. The quantitative estimate of drug-likeness (QED) is 0.463. The monoisotopic (exact) mass is 303 g/mol. The second kappa shape index (κ2) is 4.27. The van der Waals surface area contributed by atoms with Crippen LogP contribution in [-0.2, 0) is 0 Å². The molecule has 0 aliphatic heterocycles. The van der Waals surface area contributed by atoms with E-state index in [0.29, 0.717) is 32.9 Å². The molecule has 0 unspecified atom stereocenters. The Morgan fingerprint density at radius 1 is 0.950 bits per heavy atom. The molecule has 0 fully saturated rings. The van der Waals surface area contributed by atoms with Crippen LogP contribution >= 0.6 is 23.2 Å². The van der Waals surface area contributed by atoms with Gasteiger partial charge in [0.1, 0.15) is 5.52 Å². The normalized spacial score (nSPS) is 11.5. The van der Waals surface area contributed by atoms with Gasteiger partial charge in [0.15, 0.2) is 16.9 Å². The lowest BCUT2D eigenvalue weighted by Gasteiger charge is -1.93. The fourth-order valence-corrected chi connectivity index (χ4v) is 2.71. The molecule has 0 atom stereocenters. The molecule has 0 saturated carbocycles. The number of halogens is 2. The van der Waals surface area contributed by atoms with E-state index >= 15 is 0 Å². The Hall–Kier alpha value is -1.97. The van der Waals surface area contributed by atoms with Gasteiger partial charge in [-0.3, -0.25) is 0 Å². The lowest BCUT2D eigenvalue weighted by Crippen LogP contribution is -1.70. The van der Waals surface area contributed by atoms with Gasteiger partial charge in [-0.25, -0.2) is 4.98 Å². The maximum Gasteiger partial charge on any atom is 0.263 e. The molecule has 0 spiro atoms. The lowest BCUT2D eigenvalue weighted by molar-refractivity contribution is 0.559. The minimum atomic E-state index is 0.426. The zero-order valence-electron chi connectivity index (χ0n) is 10.1. The molecule has 0 saturated heterocycles. The van der Waals surface area contributed by atoms with Crippen LogP contribution < -0.4 is 0 Å². The number of nitrogens with zero attached hydrogens (tertiary/aromatic N) is 1. The summed E-state index contributed by atoms with van der Waals surface area (Å²) in [6.07, 6.45) is 0. The second-order valence-corrected chi connectivity index (χ2v) is 5.25. The van der Waals surface area contributed by atoms with Gasteiger partial charge in [0, 0.05) is 10.4 Å². The SMILES string of the molecule is Clc1cc(Cl)c2oc(-c3nc4ccccc4o3)cc2c1. The number of fused-ring (bicyclic) bond motifs is 2. The summed E-state index contributed by atoms with van der Waals surface area (Å²) in [6, 6.07) is 12.8. The van der Waals surface area contributed by atoms with Crippen LogP contribution in [0.15, 0.2) is 51.3 Å². The maximum atomic E-state index is 6.11. The van der Waals surface area contributed by atoms with E-state index in [2.05, 4.69) is 4.98 Å². The number of oxazole rings is 1. The largest absolute Gasteiger partial charge is 0.449 e. The molecule has 0 amide bonds. The second-order valence-electron chi connectivity index (χ2n) is 4.40. The first kappa shape index (κ1) is 11.8. The van der Waals surface area contributed by atoms with E-state index in [1.54, 1.807) is 12.1 Å². The number of aromatic nitrogens is 1. The summed E-state index contributed by atoms with van der Waals surface area (Å²) in [5.41, 5.74) is 2.08. The Morgan fingerprint density at radius 3 is 2.65 bits per heavy atom. The molecule has 3 nitrogen and oxygen atoms in total. The molecular weight excluding hydrogens is 297 g/mol. The third-order valence-electron chi connectivity index (χ3n) is 3.04. The molecule has 4 rings (SSSR count). The van der Waals surface area contributed by atoms with Crippen molar-refractivity contribution in [2.24, 2.45) is 0 Å². The Bertz CT molecular complexity index is 907. The van der Waals surface area contributed by atoms with Crippen LogP contribution in [0, 0.1) is 0 Å². The van der Waals surface area contributed by atoms with Crippen LogP contribution in [0.4, 0.5) is 0 Å². The summed E-state index contributed by atoms with van der Waals surface area (Å²) in [5.74, 6) is 0.954. The van der Waals surface area contributed by atoms with Crippen molar-refractivity contribution in [3.63, 3.8) is 0 Å². The van der Waals surface area contributed by atoms with E-state index in [0.717, 1.165) is 10.9 Å². The Labute approximate surface area is 123 Å². The predicted octanol–water partition coefficient (Wildman–Crippen LogP) is 5.55. The van der Waals surface area contributed by atoms with Gasteiger partial charge in [0.05, 0.1) is 5.02 Å². The van der Waals surface area contributed by atoms with E-state index in [-0.39, 0.29) is 0 Å². The van der Waals surface area contributed by atoms with Crippen LogP contribution in [0.2, 0.25) is 10.0 Å². The zero-order valence-corrected chi connectivity index (χ0v) is 11.6. The number of hydrogen-bond donors (Lipinski definition) is 0. The standard InChI is InChI=1S/C15H7Cl2NO2/c16-9-5-8-6-13(19-14(8)10(17)7-9)15-18-11-3-1-2-4-12(11)20-15/h1-7H. The molecule has 0 aliphatic rings. The molecule has 2 aromatic heterocycles. The van der Waals surface area contributed by atoms with E-state index in [4.69, 9.17) is 32.0 Å². The number of furan rings is 1. The molecule has 2 heterocycles. The van der Waals surface area contributed by atoms with Gasteiger partial charge in [-0.05, 0) is 30.3 Å². The van der Waals surface area contributed by atoms with Crippen molar-refractivity contribution in [3.05, 3.63) is 52.5 Å². The van der Waals surface area contributed by atoms with Crippen LogP contribution in [-0.4, -0.2) is 4.98 Å². The van der Waals surface area contributed by atoms with Crippen LogP contribution in [0.5, 0.6) is 0 Å². The molecular formula is C15H7Cl2NO2. The van der Waals surface area contributed by atoms with Crippen LogP contribution in [0.1, 0.15) is 0 Å². The first-order valence-corrected chi connectivity index (χ1v) is 6.71. The van der Waals surface area contributed by atoms with Crippen molar-refractivity contribution in [3.8, 4) is 11.7 Å². The summed E-state index contributed by atoms with van der Waals surface area (Å²) < 4.78 is 11.4. The van der Waals surface area contributed by atoms with E-state index in [1.165, 1.54) is 0 Å². The molecule has 20 heavy (non-hydrogen) atoms. The first-order chi connectivity index (χ1) is 9.70. The number of benzene rings is 2. The molecule has 5 heteroatoms. The summed E-state index contributed by atoms with van der Waals surface area (Å²) in [7, 11) is 0. The third-order valence-corrected chi connectivity index (χ3v) is 3.54. The molecule has 0 bridgehead atoms. The van der Waals surface area contributed by atoms with E-state index < -0.39 is 0 Å². The molecule has 0 N–H and O–H groups in total. The van der Waals surface area contributed by atoms with E-state index in [1.807, 2.05) is 30.3 Å². The van der Waals surface area contributed by atoms with Crippen molar-refractivity contribution in [1.82, 2.24) is 4.98 Å². The Balaban J connectivity index is 1.95. The minimum Gasteiger partial charge on any atom is -0.449 e. The van der Waals surface area contributed by atoms with Crippen molar-refractivity contribution < 1.29 is 8.83 Å². The van der Waals surface area contributed by atoms with Gasteiger partial charge in [-0.1, -0.05) is 35.3 Å². The predicted molar refractivity (Wildman–Crippen MR) is 79.2 cm³/mol. The van der Waals surface area contributed by atoms with Crippen molar-refractivity contribution in [1.29, 1.82) is 0 Å². The number of rotatable bonds is 1. The van der Waals surface area contributed by atoms with Crippen molar-refractivity contribution in [2.75, 3.05) is 0 Å². The maximum absolute atomic E-state index is 6.11. The highest BCUT2D eigenvalue weighted by Crippen LogP contribution is 2.35. The summed E-state index contributed by atoms with van der Waals surface area (Å²) >= 11 is 12.1. The van der Waals surface area contributed by atoms with Gasteiger partial charge in [-0.2, -0.15) is 0 Å². The van der Waals surface area contributed by atoms with Gasteiger partial charge in [-0.15, -0.1) is 0 Å². The average molecular weight is 304 g/mol. The molecule has 0 radical (unpaired) electrons. The summed E-state index contributed by atoms with van der Waals surface area (Å²) in [4.78, 5) is 4.39. The highest BCUT2D eigenvalue weighted by atomic mass is 35.5. The lowest BCUT2D eigenvalue weighted by atomic mass is 10.2. The van der Waals surface area contributed by atoms with E-state index in [9.17, 15) is 0 Å². The summed E-state index contributed by atoms with van der Waals surface area (Å²) in [5, 5.41) is 1.85. The topological polar surface area (TPSA) is 39.2 Å². The van der Waals surface area contributed by atoms with Gasteiger partial charge in [0.25, 0.3) is 5.89 Å². The fraction of sp³-hybridized carbons (Fsp3) is 0. The fourth-order valence-electron chi connectivity index (χ4n) is 2.16. The molecule has 0 aliphatic carbocycles. The minimum absolute atomic E-state index is 0.426. The molecule has 98 valence electrons. The Morgan fingerprint density at radius 2 is 1.80 bits per heavy atom. The zero-order chi connectivity index (χ0) is 13.7. The number of hydrogen-bond acceptors (Lipinski definition) is 3. The molecule has 4 aromatic rings. The van der Waals surface area contributed by atoms with Gasteiger partial charge < -0.3 is 8.83 Å². The first-order valence-electron chi connectivity index (χ1n) is 5.95. The van der Waals surface area contributed by atoms with Crippen LogP contribution in [0.25, 0.3) is 33.7 Å². The van der Waals surface area contributed by atoms with Gasteiger partial charge in [0.2, 0.25) is 0 Å². The van der Waals surface area contributed by atoms with Gasteiger partial charge >= 0.3 is 0 Å². The van der Waals surface area contributed by atoms with Crippen molar-refractivity contribution >= 4 is 45.3 Å². The average Bonchev–Trinajstić information content (AvgIpc) is 3.01. The molecule has 2 aromatic carbocycles. The number of para-hydroxylation sites is 2. The smallest absolute Gasteiger partial charge is 0.263 e.